The van der Waals surface area contributed by atoms with Crippen LogP contribution in [0.25, 0.3) is 0 Å². The van der Waals surface area contributed by atoms with Crippen molar-refractivity contribution >= 4 is 17.9 Å². The molecule has 1 aliphatic carbocycles. The van der Waals surface area contributed by atoms with Crippen LogP contribution in [0.4, 0.5) is 5.69 Å². The summed E-state index contributed by atoms with van der Waals surface area (Å²) < 4.78 is 19.2. The third kappa shape index (κ3) is 3.67. The lowest BCUT2D eigenvalue weighted by Crippen LogP contribution is -2.34. The quantitative estimate of drug-likeness (QED) is 0.295. The van der Waals surface area contributed by atoms with Gasteiger partial charge in [0.25, 0.3) is 0 Å². The maximum absolute atomic E-state index is 5.76. The highest BCUT2D eigenvalue weighted by Crippen LogP contribution is 2.41. The first-order chi connectivity index (χ1) is 10.3. The second-order valence-corrected chi connectivity index (χ2v) is 5.78. The van der Waals surface area contributed by atoms with Crippen molar-refractivity contribution in [3.8, 4) is 0 Å². The van der Waals surface area contributed by atoms with E-state index in [-0.39, 0.29) is 5.79 Å². The first-order valence-electron chi connectivity index (χ1n) is 7.17. The fourth-order valence-electron chi connectivity index (χ4n) is 2.95. The molecule has 116 valence electrons. The average Bonchev–Trinajstić information content (AvgIpc) is 2.97. The van der Waals surface area contributed by atoms with Gasteiger partial charge >= 0.3 is 0 Å². The van der Waals surface area contributed by atoms with Crippen LogP contribution in [-0.4, -0.2) is 31.1 Å². The maximum Gasteiger partial charge on any atom is 0.168 e. The molecule has 21 heavy (non-hydrogen) atoms. The molecule has 0 radical (unpaired) electrons. The van der Waals surface area contributed by atoms with Gasteiger partial charge in [0.15, 0.2) is 5.79 Å². The van der Waals surface area contributed by atoms with Crippen molar-refractivity contribution < 1.29 is 18.7 Å². The maximum atomic E-state index is 5.76. The van der Waals surface area contributed by atoms with Crippen LogP contribution in [0.15, 0.2) is 18.3 Å². The van der Waals surface area contributed by atoms with Crippen molar-refractivity contribution in [1.29, 1.82) is 0 Å². The Morgan fingerprint density at radius 1 is 1.29 bits per heavy atom. The summed E-state index contributed by atoms with van der Waals surface area (Å²) in [5, 5.41) is 0. The molecule has 2 heterocycles. The molecule has 0 atom stereocenters. The fraction of sp³-hybridized carbons (Fsp3) is 0.643. The van der Waals surface area contributed by atoms with Gasteiger partial charge in [-0.1, -0.05) is 0 Å². The highest BCUT2D eigenvalue weighted by Gasteiger charge is 2.40. The largest absolute Gasteiger partial charge is 0.348 e. The average molecular weight is 312 g/mol. The van der Waals surface area contributed by atoms with Crippen LogP contribution in [0.3, 0.4) is 0 Å². The molecule has 1 aromatic heterocycles. The molecule has 3 rings (SSSR count). The third-order valence-corrected chi connectivity index (χ3v) is 4.55. The van der Waals surface area contributed by atoms with E-state index >= 15 is 0 Å². The van der Waals surface area contributed by atoms with E-state index in [1.54, 1.807) is 0 Å². The number of nitrogens with one attached hydrogen (secondary N) is 1. The first kappa shape index (κ1) is 15.1. The van der Waals surface area contributed by atoms with E-state index in [9.17, 15) is 0 Å². The number of pyridine rings is 1. The fourth-order valence-corrected chi connectivity index (χ4v) is 3.26. The summed E-state index contributed by atoms with van der Waals surface area (Å²) in [6.45, 7) is 1.45. The molecular formula is C14H20N2O4S. The van der Waals surface area contributed by atoms with Gasteiger partial charge in [0.1, 0.15) is 12.2 Å². The molecule has 0 aromatic carbocycles. The molecule has 1 aliphatic heterocycles. The second kappa shape index (κ2) is 6.93. The van der Waals surface area contributed by atoms with Gasteiger partial charge in [0, 0.05) is 24.5 Å². The molecular weight excluding hydrogens is 292 g/mol. The monoisotopic (exact) mass is 312 g/mol. The van der Waals surface area contributed by atoms with Gasteiger partial charge in [-0.05, 0) is 25.0 Å². The molecule has 1 saturated heterocycles. The van der Waals surface area contributed by atoms with Gasteiger partial charge in [-0.15, -0.1) is 4.33 Å². The standard InChI is InChI=1S/C14H20N2O4S/c1-17-20-21-16-12-2-3-13(15-10-12)11-4-6-14(7-5-11)18-8-9-19-14/h2-3,10-11,16H,4-9H2,1H3. The van der Waals surface area contributed by atoms with Gasteiger partial charge in [0.05, 0.1) is 32.2 Å². The molecule has 1 aromatic rings. The molecule has 2 fully saturated rings. The van der Waals surface area contributed by atoms with Crippen LogP contribution >= 0.6 is 12.2 Å². The van der Waals surface area contributed by atoms with Crippen LogP contribution in [0.2, 0.25) is 0 Å². The number of hydrogen-bond donors (Lipinski definition) is 1. The summed E-state index contributed by atoms with van der Waals surface area (Å²) >= 11 is 1.02. The Hall–Kier alpha value is -0.860. The molecule has 2 aliphatic rings. The lowest BCUT2D eigenvalue weighted by atomic mass is 9.83. The zero-order valence-corrected chi connectivity index (χ0v) is 12.9. The molecule has 1 N–H and O–H groups in total. The van der Waals surface area contributed by atoms with E-state index in [1.807, 2.05) is 12.3 Å². The number of rotatable bonds is 5. The van der Waals surface area contributed by atoms with Crippen molar-refractivity contribution in [1.82, 2.24) is 4.98 Å². The third-order valence-electron chi connectivity index (χ3n) is 4.03. The summed E-state index contributed by atoms with van der Waals surface area (Å²) in [4.78, 5) is 9.03. The zero-order valence-electron chi connectivity index (χ0n) is 12.0. The second-order valence-electron chi connectivity index (χ2n) is 5.27. The number of hydrogen-bond acceptors (Lipinski definition) is 7. The van der Waals surface area contributed by atoms with Crippen LogP contribution in [0.5, 0.6) is 0 Å². The van der Waals surface area contributed by atoms with Crippen molar-refractivity contribution in [3.63, 3.8) is 0 Å². The number of anilines is 1. The molecule has 1 spiro atoms. The Morgan fingerprint density at radius 2 is 2.05 bits per heavy atom. The molecule has 6 nitrogen and oxygen atoms in total. The topological polar surface area (TPSA) is 61.8 Å². The highest BCUT2D eigenvalue weighted by atomic mass is 32.2. The minimum absolute atomic E-state index is 0.299. The van der Waals surface area contributed by atoms with Gasteiger partial charge in [-0.25, -0.2) is 4.89 Å². The Balaban J connectivity index is 1.53. The van der Waals surface area contributed by atoms with Crippen LogP contribution in [0.1, 0.15) is 37.3 Å². The van der Waals surface area contributed by atoms with E-state index < -0.39 is 0 Å². The van der Waals surface area contributed by atoms with Gasteiger partial charge in [-0.3, -0.25) is 4.98 Å². The summed E-state index contributed by atoms with van der Waals surface area (Å²) in [5.41, 5.74) is 2.02. The highest BCUT2D eigenvalue weighted by molar-refractivity contribution is 7.95. The number of nitrogens with zero attached hydrogens (tertiary/aromatic N) is 1. The Labute approximate surface area is 128 Å². The summed E-state index contributed by atoms with van der Waals surface area (Å²) in [6.07, 6.45) is 5.84. The smallest absolute Gasteiger partial charge is 0.168 e. The summed E-state index contributed by atoms with van der Waals surface area (Å²) in [5.74, 6) is 0.187. The summed E-state index contributed by atoms with van der Waals surface area (Å²) in [7, 11) is 1.46. The first-order valence-corrected chi connectivity index (χ1v) is 7.92. The zero-order chi connectivity index (χ0) is 14.5. The van der Waals surface area contributed by atoms with Gasteiger partial charge < -0.3 is 14.2 Å². The lowest BCUT2D eigenvalue weighted by molar-refractivity contribution is -0.178. The number of aromatic nitrogens is 1. The Bertz CT molecular complexity index is 441. The predicted octanol–water partition coefficient (Wildman–Crippen LogP) is 3.04. The predicted molar refractivity (Wildman–Crippen MR) is 79.4 cm³/mol. The minimum atomic E-state index is -0.299. The Morgan fingerprint density at radius 3 is 2.67 bits per heavy atom. The summed E-state index contributed by atoms with van der Waals surface area (Å²) in [6, 6.07) is 4.07. The van der Waals surface area contributed by atoms with E-state index in [0.717, 1.165) is 62.5 Å². The van der Waals surface area contributed by atoms with Crippen molar-refractivity contribution in [2.45, 2.75) is 37.4 Å². The molecule has 0 unspecified atom stereocenters. The number of ether oxygens (including phenoxy) is 2. The van der Waals surface area contributed by atoms with Crippen LogP contribution in [-0.2, 0) is 18.7 Å². The molecule has 1 saturated carbocycles. The normalized spacial score (nSPS) is 21.8. The van der Waals surface area contributed by atoms with Crippen molar-refractivity contribution in [3.05, 3.63) is 24.0 Å². The van der Waals surface area contributed by atoms with Crippen LogP contribution < -0.4 is 4.72 Å². The van der Waals surface area contributed by atoms with E-state index in [4.69, 9.17) is 9.47 Å². The van der Waals surface area contributed by atoms with Crippen LogP contribution in [0, 0.1) is 0 Å². The molecule has 7 heteroatoms. The van der Waals surface area contributed by atoms with Gasteiger partial charge in [-0.2, -0.15) is 0 Å². The van der Waals surface area contributed by atoms with E-state index in [0.29, 0.717) is 5.92 Å². The Kier molecular flexibility index (Phi) is 4.97. The molecule has 0 amide bonds. The molecule has 0 bridgehead atoms. The minimum Gasteiger partial charge on any atom is -0.348 e. The SMILES string of the molecule is COOSNc1ccc(C2CCC3(CC2)OCCO3)nc1. The lowest BCUT2D eigenvalue weighted by Gasteiger charge is -2.35. The van der Waals surface area contributed by atoms with E-state index in [2.05, 4.69) is 25.0 Å². The van der Waals surface area contributed by atoms with Gasteiger partial charge in [0.2, 0.25) is 0 Å². The van der Waals surface area contributed by atoms with Crippen molar-refractivity contribution in [2.75, 3.05) is 25.0 Å². The van der Waals surface area contributed by atoms with E-state index in [1.165, 1.54) is 7.11 Å². The van der Waals surface area contributed by atoms with Crippen molar-refractivity contribution in [2.24, 2.45) is 0 Å².